The highest BCUT2D eigenvalue weighted by molar-refractivity contribution is 5.86. The first-order valence-corrected chi connectivity index (χ1v) is 6.30. The molecule has 1 amide bonds. The SMILES string of the molecule is CCC(C)(NC(=O)Cn1nnc(-c2ccco2)n1)C(=O)O. The summed E-state index contributed by atoms with van der Waals surface area (Å²) < 4.78 is 5.11. The van der Waals surface area contributed by atoms with E-state index in [1.807, 2.05) is 0 Å². The number of amides is 1. The maximum absolute atomic E-state index is 11.9. The van der Waals surface area contributed by atoms with Crippen molar-refractivity contribution in [1.29, 1.82) is 0 Å². The van der Waals surface area contributed by atoms with Crippen LogP contribution in [-0.2, 0) is 16.1 Å². The molecule has 0 spiro atoms. The van der Waals surface area contributed by atoms with Gasteiger partial charge in [-0.1, -0.05) is 6.92 Å². The van der Waals surface area contributed by atoms with E-state index >= 15 is 0 Å². The smallest absolute Gasteiger partial charge is 0.329 e. The van der Waals surface area contributed by atoms with Gasteiger partial charge < -0.3 is 14.8 Å². The Balaban J connectivity index is 2.02. The lowest BCUT2D eigenvalue weighted by molar-refractivity contribution is -0.147. The maximum atomic E-state index is 11.9. The molecule has 2 heterocycles. The highest BCUT2D eigenvalue weighted by Crippen LogP contribution is 2.13. The zero-order valence-electron chi connectivity index (χ0n) is 11.6. The Hall–Kier alpha value is -2.71. The number of nitrogens with one attached hydrogen (secondary N) is 1. The van der Waals surface area contributed by atoms with Crippen LogP contribution in [0.4, 0.5) is 0 Å². The highest BCUT2D eigenvalue weighted by Gasteiger charge is 2.32. The maximum Gasteiger partial charge on any atom is 0.329 e. The van der Waals surface area contributed by atoms with Crippen LogP contribution in [0.5, 0.6) is 0 Å². The Morgan fingerprint density at radius 1 is 1.52 bits per heavy atom. The van der Waals surface area contributed by atoms with Gasteiger partial charge in [-0.15, -0.1) is 10.2 Å². The van der Waals surface area contributed by atoms with E-state index < -0.39 is 17.4 Å². The Morgan fingerprint density at radius 3 is 2.86 bits per heavy atom. The van der Waals surface area contributed by atoms with Crippen molar-refractivity contribution in [3.63, 3.8) is 0 Å². The number of carbonyl (C=O) groups excluding carboxylic acids is 1. The molecule has 21 heavy (non-hydrogen) atoms. The molecule has 0 aliphatic heterocycles. The Labute approximate surface area is 119 Å². The van der Waals surface area contributed by atoms with Gasteiger partial charge in [-0.25, -0.2) is 4.79 Å². The Bertz CT molecular complexity index is 636. The van der Waals surface area contributed by atoms with Crippen LogP contribution < -0.4 is 5.32 Å². The van der Waals surface area contributed by atoms with Crippen LogP contribution in [0.2, 0.25) is 0 Å². The second-order valence-electron chi connectivity index (χ2n) is 4.66. The number of nitrogens with zero attached hydrogens (tertiary/aromatic N) is 4. The summed E-state index contributed by atoms with van der Waals surface area (Å²) in [7, 11) is 0. The molecular weight excluding hydrogens is 278 g/mol. The summed E-state index contributed by atoms with van der Waals surface area (Å²) in [6, 6.07) is 3.35. The fraction of sp³-hybridized carbons (Fsp3) is 0.417. The molecule has 0 saturated carbocycles. The van der Waals surface area contributed by atoms with Crippen LogP contribution in [0, 0.1) is 0 Å². The van der Waals surface area contributed by atoms with Gasteiger partial charge in [0, 0.05) is 0 Å². The van der Waals surface area contributed by atoms with Crippen LogP contribution in [0.25, 0.3) is 11.6 Å². The standard InChI is InChI=1S/C12H15N5O4/c1-3-12(2,11(19)20)13-9(18)7-17-15-10(14-16-17)8-5-4-6-21-8/h4-6H,3,7H2,1-2H3,(H,13,18)(H,19,20). The molecule has 2 N–H and O–H groups in total. The van der Waals surface area contributed by atoms with Gasteiger partial charge >= 0.3 is 5.97 Å². The average molecular weight is 293 g/mol. The van der Waals surface area contributed by atoms with E-state index in [2.05, 4.69) is 20.7 Å². The van der Waals surface area contributed by atoms with Crippen LogP contribution in [-0.4, -0.2) is 42.7 Å². The van der Waals surface area contributed by atoms with Gasteiger partial charge in [0.15, 0.2) is 5.76 Å². The quantitative estimate of drug-likeness (QED) is 0.785. The molecule has 0 aromatic carbocycles. The number of furan rings is 1. The second-order valence-corrected chi connectivity index (χ2v) is 4.66. The minimum absolute atomic E-state index is 0.226. The third-order valence-corrected chi connectivity index (χ3v) is 3.07. The van der Waals surface area contributed by atoms with E-state index in [-0.39, 0.29) is 18.8 Å². The van der Waals surface area contributed by atoms with Crippen LogP contribution in [0.1, 0.15) is 20.3 Å². The fourth-order valence-corrected chi connectivity index (χ4v) is 1.58. The molecule has 1 unspecified atom stereocenters. The first-order valence-electron chi connectivity index (χ1n) is 6.30. The fourth-order valence-electron chi connectivity index (χ4n) is 1.58. The average Bonchev–Trinajstić information content (AvgIpc) is 3.08. The second kappa shape index (κ2) is 5.73. The van der Waals surface area contributed by atoms with Crippen molar-refractivity contribution in [2.24, 2.45) is 0 Å². The van der Waals surface area contributed by atoms with E-state index in [1.54, 1.807) is 19.1 Å². The van der Waals surface area contributed by atoms with Crippen LogP contribution >= 0.6 is 0 Å². The summed E-state index contributed by atoms with van der Waals surface area (Å²) in [5.41, 5.74) is -1.32. The molecule has 9 nitrogen and oxygen atoms in total. The number of aromatic nitrogens is 4. The summed E-state index contributed by atoms with van der Waals surface area (Å²) in [6.07, 6.45) is 1.73. The molecule has 0 saturated heterocycles. The lowest BCUT2D eigenvalue weighted by atomic mass is 9.99. The lowest BCUT2D eigenvalue weighted by Crippen LogP contribution is -2.52. The van der Waals surface area contributed by atoms with Gasteiger partial charge in [0.25, 0.3) is 0 Å². The van der Waals surface area contributed by atoms with Crippen molar-refractivity contribution < 1.29 is 19.1 Å². The number of rotatable bonds is 6. The zero-order chi connectivity index (χ0) is 15.5. The van der Waals surface area contributed by atoms with Gasteiger partial charge in [0.2, 0.25) is 11.7 Å². The third-order valence-electron chi connectivity index (χ3n) is 3.07. The number of hydrogen-bond donors (Lipinski definition) is 2. The molecule has 112 valence electrons. The molecule has 0 aliphatic carbocycles. The van der Waals surface area contributed by atoms with Crippen molar-refractivity contribution in [2.75, 3.05) is 0 Å². The topological polar surface area (TPSA) is 123 Å². The summed E-state index contributed by atoms with van der Waals surface area (Å²) in [5, 5.41) is 23.0. The number of tetrazole rings is 1. The molecule has 1 atom stereocenters. The first-order chi connectivity index (χ1) is 9.94. The van der Waals surface area contributed by atoms with Gasteiger partial charge in [-0.2, -0.15) is 4.80 Å². The number of carbonyl (C=O) groups is 2. The zero-order valence-corrected chi connectivity index (χ0v) is 11.6. The van der Waals surface area contributed by atoms with E-state index in [0.717, 1.165) is 4.80 Å². The summed E-state index contributed by atoms with van der Waals surface area (Å²) >= 11 is 0. The summed E-state index contributed by atoms with van der Waals surface area (Å²) in [6.45, 7) is 2.89. The summed E-state index contributed by atoms with van der Waals surface area (Å²) in [4.78, 5) is 24.1. The minimum Gasteiger partial charge on any atom is -0.480 e. The molecule has 9 heteroatoms. The molecule has 0 fully saturated rings. The van der Waals surface area contributed by atoms with Crippen molar-refractivity contribution in [1.82, 2.24) is 25.5 Å². The normalized spacial score (nSPS) is 13.6. The van der Waals surface area contributed by atoms with Gasteiger partial charge in [-0.05, 0) is 30.7 Å². The predicted octanol–water partition coefficient (Wildman–Crippen LogP) is 0.303. The highest BCUT2D eigenvalue weighted by atomic mass is 16.4. The molecule has 2 aromatic heterocycles. The van der Waals surface area contributed by atoms with Gasteiger partial charge in [0.05, 0.1) is 6.26 Å². The predicted molar refractivity (Wildman–Crippen MR) is 70.0 cm³/mol. The van der Waals surface area contributed by atoms with Crippen LogP contribution in [0.3, 0.4) is 0 Å². The van der Waals surface area contributed by atoms with Gasteiger partial charge in [-0.3, -0.25) is 4.79 Å². The summed E-state index contributed by atoms with van der Waals surface area (Å²) in [5.74, 6) is -0.916. The van der Waals surface area contributed by atoms with Crippen LogP contribution in [0.15, 0.2) is 22.8 Å². The molecule has 0 aliphatic rings. The third kappa shape index (κ3) is 3.25. The van der Waals surface area contributed by atoms with Crippen molar-refractivity contribution in [2.45, 2.75) is 32.4 Å². The van der Waals surface area contributed by atoms with Gasteiger partial charge in [0.1, 0.15) is 12.1 Å². The molecule has 2 rings (SSSR count). The Morgan fingerprint density at radius 2 is 2.29 bits per heavy atom. The van der Waals surface area contributed by atoms with Crippen molar-refractivity contribution in [3.8, 4) is 11.6 Å². The first kappa shape index (κ1) is 14.7. The largest absolute Gasteiger partial charge is 0.480 e. The minimum atomic E-state index is -1.32. The molecule has 0 radical (unpaired) electrons. The monoisotopic (exact) mass is 293 g/mol. The van der Waals surface area contributed by atoms with E-state index in [4.69, 9.17) is 9.52 Å². The van der Waals surface area contributed by atoms with E-state index in [0.29, 0.717) is 5.76 Å². The molecule has 0 bridgehead atoms. The number of carboxylic acids is 1. The van der Waals surface area contributed by atoms with E-state index in [9.17, 15) is 9.59 Å². The number of carboxylic acid groups (broad SMARTS) is 1. The number of aliphatic carboxylic acids is 1. The van der Waals surface area contributed by atoms with Crippen molar-refractivity contribution >= 4 is 11.9 Å². The van der Waals surface area contributed by atoms with Crippen molar-refractivity contribution in [3.05, 3.63) is 18.4 Å². The number of hydrogen-bond acceptors (Lipinski definition) is 6. The Kier molecular flexibility index (Phi) is 4.01. The van der Waals surface area contributed by atoms with E-state index in [1.165, 1.54) is 13.2 Å². The molecule has 2 aromatic rings. The lowest BCUT2D eigenvalue weighted by Gasteiger charge is -2.24. The molecular formula is C12H15N5O4.